The highest BCUT2D eigenvalue weighted by atomic mass is 19.2. The summed E-state index contributed by atoms with van der Waals surface area (Å²) in [7, 11) is 1.68. The molecule has 2 aromatic rings. The van der Waals surface area contributed by atoms with Gasteiger partial charge in [-0.15, -0.1) is 0 Å². The summed E-state index contributed by atoms with van der Waals surface area (Å²) in [4.78, 5) is 13.9. The number of carbonyl (C=O) groups is 1. The standard InChI is InChI=1S/C15H16F2N2O2/c1-3-4-7-19(2)15(20)11-9-18-21-14(11)10-5-6-12(16)13(17)8-10/h5-6,8-9H,3-4,7H2,1-2H3. The summed E-state index contributed by atoms with van der Waals surface area (Å²) in [5, 5.41) is 3.60. The number of hydrogen-bond acceptors (Lipinski definition) is 3. The SMILES string of the molecule is CCCCN(C)C(=O)c1cnoc1-c1ccc(F)c(F)c1. The first-order valence-electron chi connectivity index (χ1n) is 6.70. The van der Waals surface area contributed by atoms with Crippen LogP contribution in [0.2, 0.25) is 0 Å². The Bertz CT molecular complexity index is 640. The fourth-order valence-electron chi connectivity index (χ4n) is 1.94. The first-order valence-corrected chi connectivity index (χ1v) is 6.70. The van der Waals surface area contributed by atoms with Crippen molar-refractivity contribution >= 4 is 5.91 Å². The van der Waals surface area contributed by atoms with Crippen LogP contribution in [0.5, 0.6) is 0 Å². The van der Waals surface area contributed by atoms with Crippen molar-refractivity contribution in [1.29, 1.82) is 0 Å². The minimum Gasteiger partial charge on any atom is -0.355 e. The molecule has 1 amide bonds. The Morgan fingerprint density at radius 3 is 2.76 bits per heavy atom. The predicted molar refractivity (Wildman–Crippen MR) is 73.7 cm³/mol. The third-order valence-electron chi connectivity index (χ3n) is 3.18. The van der Waals surface area contributed by atoms with Crippen LogP contribution in [0, 0.1) is 11.6 Å². The Balaban J connectivity index is 2.29. The quantitative estimate of drug-likeness (QED) is 0.848. The lowest BCUT2D eigenvalue weighted by molar-refractivity contribution is 0.0793. The Morgan fingerprint density at radius 1 is 1.33 bits per heavy atom. The van der Waals surface area contributed by atoms with Crippen molar-refractivity contribution in [3.8, 4) is 11.3 Å². The van der Waals surface area contributed by atoms with Crippen molar-refractivity contribution in [3.63, 3.8) is 0 Å². The van der Waals surface area contributed by atoms with E-state index in [1.165, 1.54) is 12.3 Å². The molecule has 0 spiro atoms. The molecule has 0 fully saturated rings. The van der Waals surface area contributed by atoms with Gasteiger partial charge in [0.05, 0.1) is 6.20 Å². The molecule has 4 nitrogen and oxygen atoms in total. The maximum Gasteiger partial charge on any atom is 0.259 e. The Kier molecular flexibility index (Phi) is 4.67. The molecule has 0 radical (unpaired) electrons. The minimum absolute atomic E-state index is 0.141. The van der Waals surface area contributed by atoms with Crippen LogP contribution in [0.1, 0.15) is 30.1 Å². The minimum atomic E-state index is -0.998. The molecule has 0 saturated heterocycles. The highest BCUT2D eigenvalue weighted by molar-refractivity contribution is 5.99. The van der Waals surface area contributed by atoms with E-state index in [0.29, 0.717) is 6.54 Å². The number of amides is 1. The first-order chi connectivity index (χ1) is 10.0. The molecule has 6 heteroatoms. The van der Waals surface area contributed by atoms with E-state index in [4.69, 9.17) is 4.52 Å². The molecule has 0 aliphatic heterocycles. The van der Waals surface area contributed by atoms with Crippen LogP contribution in [0.4, 0.5) is 8.78 Å². The number of benzene rings is 1. The molecule has 112 valence electrons. The van der Waals surface area contributed by atoms with Crippen molar-refractivity contribution < 1.29 is 18.1 Å². The van der Waals surface area contributed by atoms with Crippen molar-refractivity contribution in [2.24, 2.45) is 0 Å². The third kappa shape index (κ3) is 3.26. The van der Waals surface area contributed by atoms with E-state index in [9.17, 15) is 13.6 Å². The molecule has 0 saturated carbocycles. The van der Waals surface area contributed by atoms with Crippen LogP contribution in [0.3, 0.4) is 0 Å². The van der Waals surface area contributed by atoms with Crippen LogP contribution in [0.25, 0.3) is 11.3 Å². The van der Waals surface area contributed by atoms with E-state index in [1.54, 1.807) is 11.9 Å². The van der Waals surface area contributed by atoms with Gasteiger partial charge in [0.25, 0.3) is 5.91 Å². The van der Waals surface area contributed by atoms with Crippen LogP contribution >= 0.6 is 0 Å². The molecule has 21 heavy (non-hydrogen) atoms. The number of unbranched alkanes of at least 4 members (excludes halogenated alkanes) is 1. The van der Waals surface area contributed by atoms with E-state index in [2.05, 4.69) is 5.16 Å². The van der Waals surface area contributed by atoms with Crippen LogP contribution in [-0.2, 0) is 0 Å². The highest BCUT2D eigenvalue weighted by Crippen LogP contribution is 2.26. The van der Waals surface area contributed by atoms with Crippen molar-refractivity contribution in [3.05, 3.63) is 41.6 Å². The van der Waals surface area contributed by atoms with Gasteiger partial charge in [-0.25, -0.2) is 8.78 Å². The Morgan fingerprint density at radius 2 is 2.10 bits per heavy atom. The van der Waals surface area contributed by atoms with Gasteiger partial charge in [0.1, 0.15) is 5.56 Å². The fraction of sp³-hybridized carbons (Fsp3) is 0.333. The maximum atomic E-state index is 13.3. The van der Waals surface area contributed by atoms with Gasteiger partial charge in [-0.3, -0.25) is 4.79 Å². The second-order valence-electron chi connectivity index (χ2n) is 4.78. The molecule has 1 heterocycles. The van der Waals surface area contributed by atoms with Crippen LogP contribution < -0.4 is 0 Å². The van der Waals surface area contributed by atoms with Gasteiger partial charge >= 0.3 is 0 Å². The lowest BCUT2D eigenvalue weighted by atomic mass is 10.1. The first kappa shape index (κ1) is 15.2. The van der Waals surface area contributed by atoms with Gasteiger partial charge in [0.15, 0.2) is 17.4 Å². The summed E-state index contributed by atoms with van der Waals surface area (Å²) in [6.45, 7) is 2.64. The van der Waals surface area contributed by atoms with Crippen molar-refractivity contribution in [2.75, 3.05) is 13.6 Å². The van der Waals surface area contributed by atoms with E-state index in [-0.39, 0.29) is 22.8 Å². The molecule has 0 unspecified atom stereocenters. The molecule has 1 aromatic heterocycles. The second kappa shape index (κ2) is 6.47. The zero-order valence-electron chi connectivity index (χ0n) is 11.9. The average molecular weight is 294 g/mol. The topological polar surface area (TPSA) is 46.3 Å². The normalized spacial score (nSPS) is 10.7. The van der Waals surface area contributed by atoms with E-state index < -0.39 is 11.6 Å². The second-order valence-corrected chi connectivity index (χ2v) is 4.78. The summed E-state index contributed by atoms with van der Waals surface area (Å²) < 4.78 is 31.3. The van der Waals surface area contributed by atoms with Gasteiger partial charge in [-0.05, 0) is 24.6 Å². The number of hydrogen-bond donors (Lipinski definition) is 0. The molecule has 0 aliphatic rings. The molecule has 1 aromatic carbocycles. The molecular weight excluding hydrogens is 278 g/mol. The van der Waals surface area contributed by atoms with Crippen molar-refractivity contribution in [2.45, 2.75) is 19.8 Å². The molecule has 0 N–H and O–H groups in total. The summed E-state index contributed by atoms with van der Waals surface area (Å²) in [5.41, 5.74) is 0.512. The lowest BCUT2D eigenvalue weighted by Gasteiger charge is -2.16. The fourth-order valence-corrected chi connectivity index (χ4v) is 1.94. The molecule has 2 rings (SSSR count). The van der Waals surface area contributed by atoms with Gasteiger partial charge in [0.2, 0.25) is 0 Å². The Labute approximate surface area is 121 Å². The summed E-state index contributed by atoms with van der Waals surface area (Å²) in [6.07, 6.45) is 3.15. The predicted octanol–water partition coefficient (Wildman–Crippen LogP) is 3.49. The number of rotatable bonds is 5. The van der Waals surface area contributed by atoms with E-state index in [1.807, 2.05) is 6.92 Å². The number of nitrogens with zero attached hydrogens (tertiary/aromatic N) is 2. The molecule has 0 bridgehead atoms. The molecule has 0 atom stereocenters. The third-order valence-corrected chi connectivity index (χ3v) is 3.18. The van der Waals surface area contributed by atoms with Gasteiger partial charge in [0, 0.05) is 19.2 Å². The summed E-state index contributed by atoms with van der Waals surface area (Å²) >= 11 is 0. The molecular formula is C15H16F2N2O2. The summed E-state index contributed by atoms with van der Waals surface area (Å²) in [5.74, 6) is -2.07. The van der Waals surface area contributed by atoms with Crippen LogP contribution in [-0.4, -0.2) is 29.6 Å². The monoisotopic (exact) mass is 294 g/mol. The zero-order chi connectivity index (χ0) is 15.4. The highest BCUT2D eigenvalue weighted by Gasteiger charge is 2.21. The summed E-state index contributed by atoms with van der Waals surface area (Å²) in [6, 6.07) is 3.32. The van der Waals surface area contributed by atoms with Gasteiger partial charge < -0.3 is 9.42 Å². The van der Waals surface area contributed by atoms with Gasteiger partial charge in [-0.1, -0.05) is 18.5 Å². The zero-order valence-corrected chi connectivity index (χ0v) is 11.9. The smallest absolute Gasteiger partial charge is 0.259 e. The molecule has 0 aliphatic carbocycles. The Hall–Kier alpha value is -2.24. The number of halogens is 2. The largest absolute Gasteiger partial charge is 0.355 e. The van der Waals surface area contributed by atoms with Crippen molar-refractivity contribution in [1.82, 2.24) is 10.1 Å². The van der Waals surface area contributed by atoms with Crippen LogP contribution in [0.15, 0.2) is 28.9 Å². The lowest BCUT2D eigenvalue weighted by Crippen LogP contribution is -2.27. The van der Waals surface area contributed by atoms with E-state index in [0.717, 1.165) is 25.0 Å². The van der Waals surface area contributed by atoms with Gasteiger partial charge in [-0.2, -0.15) is 0 Å². The average Bonchev–Trinajstić information content (AvgIpc) is 2.96. The number of aromatic nitrogens is 1. The number of carbonyl (C=O) groups excluding carboxylic acids is 1. The van der Waals surface area contributed by atoms with E-state index >= 15 is 0 Å². The maximum absolute atomic E-state index is 13.3.